The molecule has 0 fully saturated rings. The van der Waals surface area contributed by atoms with Crippen molar-refractivity contribution in [2.45, 2.75) is 32.9 Å². The molecule has 29 heavy (non-hydrogen) atoms. The number of benzene rings is 2. The molecule has 0 heterocycles. The van der Waals surface area contributed by atoms with E-state index in [0.717, 1.165) is 30.3 Å². The molecule has 0 aliphatic heterocycles. The molecule has 0 saturated carbocycles. The van der Waals surface area contributed by atoms with Gasteiger partial charge >= 0.3 is 5.97 Å². The first-order valence-corrected chi connectivity index (χ1v) is 8.87. The summed E-state index contributed by atoms with van der Waals surface area (Å²) in [7, 11) is 0. The van der Waals surface area contributed by atoms with Gasteiger partial charge in [0.05, 0.1) is 0 Å². The molecule has 2 aromatic rings. The van der Waals surface area contributed by atoms with Crippen LogP contribution in [0, 0.1) is 23.4 Å². The minimum atomic E-state index is -1.25. The third-order valence-corrected chi connectivity index (χ3v) is 4.19. The Kier molecular flexibility index (Phi) is 7.14. The summed E-state index contributed by atoms with van der Waals surface area (Å²) in [5, 5.41) is 2.25. The molecule has 5 nitrogen and oxygen atoms in total. The number of hydrogen-bond donors (Lipinski definition) is 1. The number of rotatable bonds is 7. The largest absolute Gasteiger partial charge is 0.453 e. The highest BCUT2D eigenvalue weighted by atomic mass is 19.1. The molecule has 1 N–H and O–H groups in total. The van der Waals surface area contributed by atoms with E-state index in [-0.39, 0.29) is 5.56 Å². The average molecular weight is 407 g/mol. The van der Waals surface area contributed by atoms with Crippen LogP contribution in [0.3, 0.4) is 0 Å². The van der Waals surface area contributed by atoms with Crippen LogP contribution in [0.5, 0.6) is 0 Å². The highest BCUT2D eigenvalue weighted by molar-refractivity contribution is 6.01. The van der Waals surface area contributed by atoms with E-state index in [0.29, 0.717) is 0 Å². The van der Waals surface area contributed by atoms with Crippen LogP contribution in [-0.2, 0) is 9.53 Å². The van der Waals surface area contributed by atoms with Crippen LogP contribution in [0.25, 0.3) is 0 Å². The fourth-order valence-corrected chi connectivity index (χ4v) is 2.58. The number of ketones is 1. The molecular weight excluding hydrogens is 387 g/mol. The molecule has 0 radical (unpaired) electrons. The first-order chi connectivity index (χ1) is 13.6. The Balaban J connectivity index is 2.12. The molecule has 0 aromatic heterocycles. The summed E-state index contributed by atoms with van der Waals surface area (Å²) in [6, 6.07) is 6.41. The van der Waals surface area contributed by atoms with Crippen molar-refractivity contribution in [3.8, 4) is 0 Å². The Bertz CT molecular complexity index is 892. The lowest BCUT2D eigenvalue weighted by atomic mass is 10.0. The Morgan fingerprint density at radius 2 is 1.45 bits per heavy atom. The van der Waals surface area contributed by atoms with E-state index in [4.69, 9.17) is 4.74 Å². The smallest absolute Gasteiger partial charge is 0.329 e. The van der Waals surface area contributed by atoms with Gasteiger partial charge in [0, 0.05) is 5.56 Å². The summed E-state index contributed by atoms with van der Waals surface area (Å²) in [6.45, 7) is 4.52. The van der Waals surface area contributed by atoms with E-state index in [1.165, 1.54) is 19.1 Å². The van der Waals surface area contributed by atoms with Crippen molar-refractivity contribution in [2.75, 3.05) is 0 Å². The molecule has 0 unspecified atom stereocenters. The van der Waals surface area contributed by atoms with Crippen molar-refractivity contribution < 1.29 is 32.3 Å². The van der Waals surface area contributed by atoms with Crippen molar-refractivity contribution in [3.63, 3.8) is 0 Å². The zero-order chi connectivity index (χ0) is 21.7. The molecule has 2 aromatic carbocycles. The lowest BCUT2D eigenvalue weighted by molar-refractivity contribution is -0.149. The van der Waals surface area contributed by atoms with Crippen LogP contribution in [0.2, 0.25) is 0 Å². The van der Waals surface area contributed by atoms with Crippen molar-refractivity contribution in [1.82, 2.24) is 5.32 Å². The second-order valence-corrected chi connectivity index (χ2v) is 6.74. The van der Waals surface area contributed by atoms with Gasteiger partial charge in [-0.15, -0.1) is 0 Å². The number of carbonyl (C=O) groups excluding carboxylic acids is 3. The van der Waals surface area contributed by atoms with Gasteiger partial charge in [0.25, 0.3) is 5.91 Å². The predicted molar refractivity (Wildman–Crippen MR) is 98.7 cm³/mol. The van der Waals surface area contributed by atoms with Crippen LogP contribution in [0.15, 0.2) is 42.5 Å². The van der Waals surface area contributed by atoms with E-state index in [1.54, 1.807) is 13.8 Å². The Morgan fingerprint density at radius 3 is 1.97 bits per heavy atom. The summed E-state index contributed by atoms with van der Waals surface area (Å²) in [5.41, 5.74) is -0.674. The molecule has 0 aliphatic rings. The van der Waals surface area contributed by atoms with Gasteiger partial charge in [-0.25, -0.2) is 18.0 Å². The van der Waals surface area contributed by atoms with Crippen molar-refractivity contribution in [3.05, 3.63) is 71.0 Å². The lowest BCUT2D eigenvalue weighted by Gasteiger charge is -2.23. The van der Waals surface area contributed by atoms with Crippen LogP contribution < -0.4 is 5.32 Å². The molecule has 0 saturated heterocycles. The maximum atomic E-state index is 13.8. The van der Waals surface area contributed by atoms with Crippen LogP contribution in [-0.4, -0.2) is 29.8 Å². The monoisotopic (exact) mass is 407 g/mol. The van der Waals surface area contributed by atoms with Crippen LogP contribution in [0.1, 0.15) is 41.5 Å². The fraction of sp³-hybridized carbons (Fsp3) is 0.286. The Labute approximate surface area is 165 Å². The highest BCUT2D eigenvalue weighted by Crippen LogP contribution is 2.15. The predicted octanol–water partition coefficient (Wildman–Crippen LogP) is 3.67. The zero-order valence-corrected chi connectivity index (χ0v) is 16.0. The number of amides is 1. The van der Waals surface area contributed by atoms with E-state index >= 15 is 0 Å². The molecule has 2 atom stereocenters. The lowest BCUT2D eigenvalue weighted by Crippen LogP contribution is -2.47. The third-order valence-electron chi connectivity index (χ3n) is 4.19. The quantitative estimate of drug-likeness (QED) is 0.562. The molecule has 154 valence electrons. The van der Waals surface area contributed by atoms with E-state index < -0.39 is 58.7 Å². The summed E-state index contributed by atoms with van der Waals surface area (Å²) in [4.78, 5) is 37.1. The third kappa shape index (κ3) is 5.43. The topological polar surface area (TPSA) is 72.5 Å². The zero-order valence-electron chi connectivity index (χ0n) is 16.0. The van der Waals surface area contributed by atoms with Gasteiger partial charge < -0.3 is 10.1 Å². The van der Waals surface area contributed by atoms with Crippen LogP contribution >= 0.6 is 0 Å². The number of Topliss-reactive ketones (excluding diaryl/α,β-unsaturated/α-hetero) is 1. The van der Waals surface area contributed by atoms with E-state index in [9.17, 15) is 27.6 Å². The minimum Gasteiger partial charge on any atom is -0.453 e. The Hall–Kier alpha value is -3.16. The van der Waals surface area contributed by atoms with Crippen molar-refractivity contribution in [2.24, 2.45) is 5.92 Å². The van der Waals surface area contributed by atoms with Gasteiger partial charge in [0.2, 0.25) is 5.78 Å². The summed E-state index contributed by atoms with van der Waals surface area (Å²) in [6.07, 6.45) is -1.21. The van der Waals surface area contributed by atoms with E-state index in [1.807, 2.05) is 0 Å². The maximum absolute atomic E-state index is 13.8. The number of carbonyl (C=O) groups is 3. The summed E-state index contributed by atoms with van der Waals surface area (Å²) >= 11 is 0. The van der Waals surface area contributed by atoms with Gasteiger partial charge in [-0.1, -0.05) is 19.9 Å². The molecule has 0 spiro atoms. The highest BCUT2D eigenvalue weighted by Gasteiger charge is 2.31. The number of nitrogens with one attached hydrogen (secondary N) is 1. The molecule has 8 heteroatoms. The molecule has 0 aliphatic carbocycles. The minimum absolute atomic E-state index is 0.144. The normalized spacial score (nSPS) is 12.9. The Morgan fingerprint density at radius 1 is 0.897 bits per heavy atom. The second kappa shape index (κ2) is 9.36. The van der Waals surface area contributed by atoms with E-state index in [2.05, 4.69) is 5.32 Å². The fourth-order valence-electron chi connectivity index (χ4n) is 2.58. The first kappa shape index (κ1) is 22.1. The first-order valence-electron chi connectivity index (χ1n) is 8.87. The van der Waals surface area contributed by atoms with Crippen LogP contribution in [0.4, 0.5) is 13.2 Å². The maximum Gasteiger partial charge on any atom is 0.329 e. The van der Waals surface area contributed by atoms with Gasteiger partial charge in [-0.2, -0.15) is 0 Å². The molecular formula is C21H20F3NO4. The number of ether oxygens (including phenoxy) is 1. The average Bonchev–Trinajstić information content (AvgIpc) is 2.65. The van der Waals surface area contributed by atoms with Gasteiger partial charge in [0.15, 0.2) is 6.10 Å². The van der Waals surface area contributed by atoms with Crippen molar-refractivity contribution in [1.29, 1.82) is 0 Å². The van der Waals surface area contributed by atoms with Crippen molar-refractivity contribution >= 4 is 17.7 Å². The number of esters is 1. The molecule has 0 bridgehead atoms. The second-order valence-electron chi connectivity index (χ2n) is 6.74. The summed E-state index contributed by atoms with van der Waals surface area (Å²) < 4.78 is 45.7. The van der Waals surface area contributed by atoms with Gasteiger partial charge in [-0.05, 0) is 49.2 Å². The number of hydrogen-bond acceptors (Lipinski definition) is 4. The standard InChI is InChI=1S/C21H20F3NO4/c1-11(2)18(25-20(27)17-15(23)5-4-6-16(17)24)21(28)29-12(3)19(26)13-7-9-14(22)10-8-13/h4-12,18H,1-3H3,(H,25,27)/t12-,18-/m0/s1. The van der Waals surface area contributed by atoms with Gasteiger partial charge in [0.1, 0.15) is 29.1 Å². The van der Waals surface area contributed by atoms with Gasteiger partial charge in [-0.3, -0.25) is 9.59 Å². The number of halogens is 3. The molecule has 1 amide bonds. The summed E-state index contributed by atoms with van der Waals surface area (Å²) in [5.74, 6) is -5.77. The molecule has 2 rings (SSSR count). The SMILES string of the molecule is CC(C)[C@H](NC(=O)c1c(F)cccc1F)C(=O)O[C@@H](C)C(=O)c1ccc(F)cc1.